The van der Waals surface area contributed by atoms with E-state index in [1.807, 2.05) is 0 Å². The molecule has 0 saturated carbocycles. The smallest absolute Gasteiger partial charge is 0.0620 e. The molecule has 1 saturated heterocycles. The van der Waals surface area contributed by atoms with Gasteiger partial charge in [0.15, 0.2) is 0 Å². The zero-order valence-corrected chi connectivity index (χ0v) is 7.66. The maximum Gasteiger partial charge on any atom is 0.0620 e. The summed E-state index contributed by atoms with van der Waals surface area (Å²) in [6, 6.07) is 0.445. The first kappa shape index (κ1) is 9.33. The molecule has 0 aromatic heterocycles. The van der Waals surface area contributed by atoms with E-state index in [1.165, 1.54) is 5.54 Å². The Kier molecular flexibility index (Phi) is 4.23. The summed E-state index contributed by atoms with van der Waals surface area (Å²) in [7, 11) is 0. The van der Waals surface area contributed by atoms with E-state index in [-0.39, 0.29) is 0 Å². The summed E-state index contributed by atoms with van der Waals surface area (Å²) in [4.78, 5) is 0. The zero-order valence-electron chi connectivity index (χ0n) is 6.15. The van der Waals surface area contributed by atoms with Crippen molar-refractivity contribution in [3.05, 3.63) is 10.6 Å². The Morgan fingerprint density at radius 3 is 3.09 bits per heavy atom. The molecule has 0 aromatic carbocycles. The second kappa shape index (κ2) is 4.99. The molecule has 11 heavy (non-hydrogen) atoms. The van der Waals surface area contributed by atoms with Gasteiger partial charge in [-0.15, -0.1) is 0 Å². The number of ether oxygens (including phenoxy) is 1. The van der Waals surface area contributed by atoms with Gasteiger partial charge in [0, 0.05) is 29.8 Å². The highest BCUT2D eigenvalue weighted by Crippen LogP contribution is 2.06. The third-order valence-corrected chi connectivity index (χ3v) is 2.23. The van der Waals surface area contributed by atoms with Crippen LogP contribution in [-0.2, 0) is 4.74 Å². The van der Waals surface area contributed by atoms with Gasteiger partial charge in [-0.25, -0.2) is 0 Å². The Morgan fingerprint density at radius 2 is 2.55 bits per heavy atom. The van der Waals surface area contributed by atoms with Gasteiger partial charge in [0.2, 0.25) is 0 Å². The maximum absolute atomic E-state index is 5.67. The number of nitrogens with one attached hydrogen (secondary N) is 1. The molecule has 0 radical (unpaired) electrons. The van der Waals surface area contributed by atoms with Gasteiger partial charge in [-0.1, -0.05) is 23.2 Å². The minimum atomic E-state index is 0.445. The van der Waals surface area contributed by atoms with Gasteiger partial charge in [-0.3, -0.25) is 0 Å². The molecular weight excluding hydrogens is 185 g/mol. The molecule has 1 unspecified atom stereocenters. The molecule has 1 aliphatic heterocycles. The van der Waals surface area contributed by atoms with Crippen LogP contribution in [0.5, 0.6) is 0 Å². The van der Waals surface area contributed by atoms with Crippen LogP contribution in [0.4, 0.5) is 0 Å². The van der Waals surface area contributed by atoms with Gasteiger partial charge in [-0.2, -0.15) is 0 Å². The second-order valence-corrected chi connectivity index (χ2v) is 3.20. The fraction of sp³-hybridized carbons (Fsp3) is 0.714. The molecule has 1 aliphatic rings. The summed E-state index contributed by atoms with van der Waals surface area (Å²) < 4.78 is 5.16. The molecule has 0 amide bonds. The number of rotatable bonds is 3. The second-order valence-electron chi connectivity index (χ2n) is 2.50. The summed E-state index contributed by atoms with van der Waals surface area (Å²) in [5.41, 5.74) is 1.38. The van der Waals surface area contributed by atoms with Crippen molar-refractivity contribution in [1.29, 1.82) is 0 Å². The van der Waals surface area contributed by atoms with E-state index in [9.17, 15) is 0 Å². The molecule has 1 rings (SSSR count). The number of halogens is 2. The van der Waals surface area contributed by atoms with E-state index in [2.05, 4.69) is 5.32 Å². The highest BCUT2D eigenvalue weighted by atomic mass is 35.5. The van der Waals surface area contributed by atoms with E-state index < -0.39 is 0 Å². The highest BCUT2D eigenvalue weighted by Gasteiger charge is 2.14. The van der Waals surface area contributed by atoms with Gasteiger partial charge in [0.05, 0.1) is 6.61 Å². The van der Waals surface area contributed by atoms with Crippen LogP contribution >= 0.6 is 23.2 Å². The van der Waals surface area contributed by atoms with E-state index >= 15 is 0 Å². The Labute approximate surface area is 76.5 Å². The normalized spacial score (nSPS) is 26.0. The highest BCUT2D eigenvalue weighted by molar-refractivity contribution is 6.36. The molecular formula is C7H11Cl2NO. The standard InChI is InChI=1S/C7H11Cl2NO/c8-3-6(9)4-10-7-1-2-11-5-7/h3,7,10H,1-2,4-5H2/b6-3+. The first-order chi connectivity index (χ1) is 5.33. The van der Waals surface area contributed by atoms with Crippen LogP contribution in [0.2, 0.25) is 0 Å². The third kappa shape index (κ3) is 3.43. The van der Waals surface area contributed by atoms with Crippen LogP contribution in [0.15, 0.2) is 10.6 Å². The Morgan fingerprint density at radius 1 is 1.73 bits per heavy atom. The largest absolute Gasteiger partial charge is 0.380 e. The minimum absolute atomic E-state index is 0.445. The Balaban J connectivity index is 2.11. The molecule has 0 aliphatic carbocycles. The van der Waals surface area contributed by atoms with Crippen molar-refractivity contribution in [2.45, 2.75) is 12.5 Å². The van der Waals surface area contributed by atoms with Gasteiger partial charge < -0.3 is 10.1 Å². The lowest BCUT2D eigenvalue weighted by Crippen LogP contribution is -2.30. The maximum atomic E-state index is 5.67. The number of hydrogen-bond acceptors (Lipinski definition) is 2. The fourth-order valence-corrected chi connectivity index (χ4v) is 1.13. The fourth-order valence-electron chi connectivity index (χ4n) is 0.976. The molecule has 1 atom stereocenters. The Hall–Kier alpha value is 0.240. The van der Waals surface area contributed by atoms with Crippen LogP contribution in [0.25, 0.3) is 0 Å². The topological polar surface area (TPSA) is 21.3 Å². The lowest BCUT2D eigenvalue weighted by atomic mass is 10.3. The minimum Gasteiger partial charge on any atom is -0.380 e. The molecule has 1 fully saturated rings. The summed E-state index contributed by atoms with van der Waals surface area (Å²) in [5, 5.41) is 3.86. The third-order valence-electron chi connectivity index (χ3n) is 1.61. The van der Waals surface area contributed by atoms with E-state index in [0.717, 1.165) is 19.6 Å². The summed E-state index contributed by atoms with van der Waals surface area (Å²) in [6.07, 6.45) is 1.06. The average Bonchev–Trinajstić information content (AvgIpc) is 2.52. The number of hydrogen-bond donors (Lipinski definition) is 1. The van der Waals surface area contributed by atoms with Crippen molar-refractivity contribution < 1.29 is 4.74 Å². The molecule has 1 heterocycles. The molecule has 2 nitrogen and oxygen atoms in total. The zero-order chi connectivity index (χ0) is 8.10. The van der Waals surface area contributed by atoms with Crippen LogP contribution in [-0.4, -0.2) is 25.8 Å². The van der Waals surface area contributed by atoms with Gasteiger partial charge in [0.25, 0.3) is 0 Å². The van der Waals surface area contributed by atoms with Crippen molar-refractivity contribution in [3.63, 3.8) is 0 Å². The molecule has 0 aromatic rings. The summed E-state index contributed by atoms with van der Waals surface area (Å²) in [5.74, 6) is 0. The molecule has 1 N–H and O–H groups in total. The molecule has 4 heteroatoms. The van der Waals surface area contributed by atoms with E-state index in [1.54, 1.807) is 0 Å². The lowest BCUT2D eigenvalue weighted by molar-refractivity contribution is 0.190. The van der Waals surface area contributed by atoms with Crippen LogP contribution in [0, 0.1) is 0 Å². The molecule has 64 valence electrons. The summed E-state index contributed by atoms with van der Waals surface area (Å²) >= 11 is 11.0. The van der Waals surface area contributed by atoms with E-state index in [0.29, 0.717) is 17.6 Å². The van der Waals surface area contributed by atoms with Gasteiger partial charge in [0.1, 0.15) is 0 Å². The van der Waals surface area contributed by atoms with Crippen molar-refractivity contribution in [2.75, 3.05) is 19.8 Å². The van der Waals surface area contributed by atoms with Crippen molar-refractivity contribution in [3.8, 4) is 0 Å². The SMILES string of the molecule is Cl/C=C(/Cl)CNC1CCOC1. The first-order valence-electron chi connectivity index (χ1n) is 3.59. The van der Waals surface area contributed by atoms with Gasteiger partial charge >= 0.3 is 0 Å². The summed E-state index contributed by atoms with van der Waals surface area (Å²) in [6.45, 7) is 2.27. The predicted molar refractivity (Wildman–Crippen MR) is 47.0 cm³/mol. The van der Waals surface area contributed by atoms with Crippen molar-refractivity contribution >= 4 is 23.2 Å². The first-order valence-corrected chi connectivity index (χ1v) is 4.40. The predicted octanol–water partition coefficient (Wildman–Crippen LogP) is 1.68. The monoisotopic (exact) mass is 195 g/mol. The van der Waals surface area contributed by atoms with Gasteiger partial charge in [-0.05, 0) is 6.42 Å². The Bertz CT molecular complexity index is 143. The molecule has 0 spiro atoms. The average molecular weight is 196 g/mol. The van der Waals surface area contributed by atoms with Crippen LogP contribution in [0.1, 0.15) is 6.42 Å². The van der Waals surface area contributed by atoms with Crippen molar-refractivity contribution in [2.24, 2.45) is 0 Å². The van der Waals surface area contributed by atoms with Crippen molar-refractivity contribution in [1.82, 2.24) is 5.32 Å². The van der Waals surface area contributed by atoms with Crippen LogP contribution < -0.4 is 5.32 Å². The quantitative estimate of drug-likeness (QED) is 0.741. The van der Waals surface area contributed by atoms with Crippen LogP contribution in [0.3, 0.4) is 0 Å². The molecule has 0 bridgehead atoms. The van der Waals surface area contributed by atoms with E-state index in [4.69, 9.17) is 27.9 Å². The lowest BCUT2D eigenvalue weighted by Gasteiger charge is -2.08.